The van der Waals surface area contributed by atoms with Crippen LogP contribution in [0.3, 0.4) is 0 Å². The summed E-state index contributed by atoms with van der Waals surface area (Å²) in [6, 6.07) is 5.55. The Balaban J connectivity index is 2.41. The van der Waals surface area contributed by atoms with Crippen LogP contribution in [0.4, 0.5) is 0 Å². The topological polar surface area (TPSA) is 76.7 Å². The number of hydrogen-bond donors (Lipinski definition) is 2. The summed E-state index contributed by atoms with van der Waals surface area (Å²) in [7, 11) is 0. The van der Waals surface area contributed by atoms with Crippen LogP contribution in [0.15, 0.2) is 33.0 Å². The van der Waals surface area contributed by atoms with Gasteiger partial charge in [0, 0.05) is 22.5 Å². The Morgan fingerprint density at radius 1 is 1.53 bits per heavy atom. The largest absolute Gasteiger partial charge is 0.344 e. The molecule has 0 aliphatic carbocycles. The SMILES string of the molecule is CC(C)n1c(Sc2cc(Cl)ccc2CN)n[nH]c1=O. The Morgan fingerprint density at radius 2 is 2.26 bits per heavy atom. The van der Waals surface area contributed by atoms with Crippen LogP contribution < -0.4 is 11.4 Å². The highest BCUT2D eigenvalue weighted by molar-refractivity contribution is 7.99. The van der Waals surface area contributed by atoms with Crippen LogP contribution in [0.1, 0.15) is 25.5 Å². The Hall–Kier alpha value is -1.24. The average Bonchev–Trinajstić information content (AvgIpc) is 2.71. The lowest BCUT2D eigenvalue weighted by molar-refractivity contribution is 0.534. The standard InChI is InChI=1S/C12H15ClN4OS/c1-7(2)17-11(18)15-16-12(17)19-10-5-9(13)4-3-8(10)6-14/h3-5,7H,6,14H2,1-2H3,(H,15,18). The number of halogens is 1. The highest BCUT2D eigenvalue weighted by Crippen LogP contribution is 2.31. The van der Waals surface area contributed by atoms with Gasteiger partial charge >= 0.3 is 5.69 Å². The lowest BCUT2D eigenvalue weighted by atomic mass is 10.2. The molecule has 0 aliphatic rings. The van der Waals surface area contributed by atoms with Gasteiger partial charge in [-0.1, -0.05) is 17.7 Å². The second-order valence-electron chi connectivity index (χ2n) is 4.33. The van der Waals surface area contributed by atoms with Crippen molar-refractivity contribution in [2.75, 3.05) is 0 Å². The monoisotopic (exact) mass is 298 g/mol. The predicted molar refractivity (Wildman–Crippen MR) is 76.7 cm³/mol. The van der Waals surface area contributed by atoms with E-state index in [9.17, 15) is 4.79 Å². The molecule has 2 rings (SSSR count). The van der Waals surface area contributed by atoms with Crippen LogP contribution in [0.25, 0.3) is 0 Å². The molecule has 0 atom stereocenters. The Bertz CT molecular complexity index is 635. The third-order valence-electron chi connectivity index (χ3n) is 2.64. The molecule has 1 aromatic carbocycles. The van der Waals surface area contributed by atoms with E-state index >= 15 is 0 Å². The van der Waals surface area contributed by atoms with Crippen LogP contribution in [0.5, 0.6) is 0 Å². The zero-order valence-electron chi connectivity index (χ0n) is 10.7. The van der Waals surface area contributed by atoms with Crippen LogP contribution in [-0.4, -0.2) is 14.8 Å². The van der Waals surface area contributed by atoms with E-state index in [0.717, 1.165) is 10.5 Å². The second kappa shape index (κ2) is 5.81. The first-order valence-corrected chi connectivity index (χ1v) is 7.05. The number of H-pyrrole nitrogens is 1. The maximum atomic E-state index is 11.7. The van der Waals surface area contributed by atoms with E-state index in [-0.39, 0.29) is 11.7 Å². The zero-order valence-corrected chi connectivity index (χ0v) is 12.3. The van der Waals surface area contributed by atoms with Gasteiger partial charge in [-0.05, 0) is 43.3 Å². The van der Waals surface area contributed by atoms with Crippen molar-refractivity contribution in [2.24, 2.45) is 5.73 Å². The second-order valence-corrected chi connectivity index (χ2v) is 5.78. The van der Waals surface area contributed by atoms with E-state index in [0.29, 0.717) is 16.7 Å². The van der Waals surface area contributed by atoms with Gasteiger partial charge in [0.1, 0.15) is 0 Å². The van der Waals surface area contributed by atoms with E-state index in [1.54, 1.807) is 10.6 Å². The molecule has 0 radical (unpaired) electrons. The summed E-state index contributed by atoms with van der Waals surface area (Å²) >= 11 is 7.38. The molecule has 1 heterocycles. The molecular weight excluding hydrogens is 284 g/mol. The molecule has 102 valence electrons. The van der Waals surface area contributed by atoms with Gasteiger partial charge in [-0.2, -0.15) is 0 Å². The number of hydrogen-bond acceptors (Lipinski definition) is 4. The smallest absolute Gasteiger partial charge is 0.326 e. The van der Waals surface area contributed by atoms with Crippen molar-refractivity contribution >= 4 is 23.4 Å². The molecule has 0 fully saturated rings. The molecule has 7 heteroatoms. The molecule has 0 unspecified atom stereocenters. The van der Waals surface area contributed by atoms with E-state index < -0.39 is 0 Å². The lowest BCUT2D eigenvalue weighted by Crippen LogP contribution is -2.19. The Kier molecular flexibility index (Phi) is 4.34. The summed E-state index contributed by atoms with van der Waals surface area (Å²) in [6.45, 7) is 4.28. The van der Waals surface area contributed by atoms with Crippen LogP contribution in [0, 0.1) is 0 Å². The van der Waals surface area contributed by atoms with Gasteiger partial charge in [-0.15, -0.1) is 5.10 Å². The molecule has 1 aromatic heterocycles. The maximum absolute atomic E-state index is 11.7. The van der Waals surface area contributed by atoms with Crippen molar-refractivity contribution in [1.82, 2.24) is 14.8 Å². The van der Waals surface area contributed by atoms with Gasteiger partial charge in [0.2, 0.25) is 0 Å². The first kappa shape index (κ1) is 14.2. The Labute approximate surface area is 120 Å². The highest BCUT2D eigenvalue weighted by atomic mass is 35.5. The van der Waals surface area contributed by atoms with Crippen molar-refractivity contribution < 1.29 is 0 Å². The van der Waals surface area contributed by atoms with E-state index in [1.165, 1.54) is 11.8 Å². The van der Waals surface area contributed by atoms with Crippen molar-refractivity contribution in [3.63, 3.8) is 0 Å². The Morgan fingerprint density at radius 3 is 2.89 bits per heavy atom. The molecule has 0 aliphatic heterocycles. The van der Waals surface area contributed by atoms with E-state index in [4.69, 9.17) is 17.3 Å². The van der Waals surface area contributed by atoms with Gasteiger partial charge in [-0.25, -0.2) is 9.89 Å². The average molecular weight is 299 g/mol. The number of rotatable bonds is 4. The zero-order chi connectivity index (χ0) is 14.0. The number of benzene rings is 1. The summed E-state index contributed by atoms with van der Waals surface area (Å²) < 4.78 is 1.60. The van der Waals surface area contributed by atoms with Gasteiger partial charge in [-0.3, -0.25) is 4.57 Å². The molecule has 0 saturated heterocycles. The number of nitrogens with two attached hydrogens (primary N) is 1. The van der Waals surface area contributed by atoms with Crippen LogP contribution in [0.2, 0.25) is 5.02 Å². The predicted octanol–water partition coefficient (Wildman–Crippen LogP) is 2.42. The highest BCUT2D eigenvalue weighted by Gasteiger charge is 2.14. The number of aromatic amines is 1. The minimum absolute atomic E-state index is 0.0364. The molecule has 0 spiro atoms. The van der Waals surface area contributed by atoms with E-state index in [1.807, 2.05) is 26.0 Å². The summed E-state index contributed by atoms with van der Waals surface area (Å²) in [5, 5.41) is 7.75. The first-order valence-electron chi connectivity index (χ1n) is 5.86. The van der Waals surface area contributed by atoms with Crippen LogP contribution >= 0.6 is 23.4 Å². The number of nitrogens with zero attached hydrogens (tertiary/aromatic N) is 2. The minimum Gasteiger partial charge on any atom is -0.326 e. The van der Waals surface area contributed by atoms with Gasteiger partial charge in [0.25, 0.3) is 0 Å². The van der Waals surface area contributed by atoms with Gasteiger partial charge in [0.15, 0.2) is 5.16 Å². The first-order chi connectivity index (χ1) is 9.02. The summed E-state index contributed by atoms with van der Waals surface area (Å²) in [5.74, 6) is 0. The third kappa shape index (κ3) is 3.02. The molecule has 0 bridgehead atoms. The minimum atomic E-state index is -0.214. The molecule has 5 nitrogen and oxygen atoms in total. The normalized spacial score (nSPS) is 11.2. The fourth-order valence-corrected chi connectivity index (χ4v) is 3.09. The van der Waals surface area contributed by atoms with Gasteiger partial charge in [0.05, 0.1) is 0 Å². The maximum Gasteiger partial charge on any atom is 0.344 e. The summed E-state index contributed by atoms with van der Waals surface area (Å²) in [5.41, 5.74) is 6.46. The summed E-state index contributed by atoms with van der Waals surface area (Å²) in [6.07, 6.45) is 0. The molecule has 0 amide bonds. The summed E-state index contributed by atoms with van der Waals surface area (Å²) in [4.78, 5) is 12.6. The lowest BCUT2D eigenvalue weighted by Gasteiger charge is -2.10. The van der Waals surface area contributed by atoms with Crippen LogP contribution in [-0.2, 0) is 6.54 Å². The quantitative estimate of drug-likeness (QED) is 0.909. The molecular formula is C12H15ClN4OS. The van der Waals surface area contributed by atoms with Gasteiger partial charge < -0.3 is 5.73 Å². The number of aromatic nitrogens is 3. The molecule has 0 saturated carbocycles. The fourth-order valence-electron chi connectivity index (χ4n) is 1.71. The van der Waals surface area contributed by atoms with Crippen molar-refractivity contribution in [3.8, 4) is 0 Å². The number of nitrogens with one attached hydrogen (secondary N) is 1. The molecule has 2 aromatic rings. The van der Waals surface area contributed by atoms with Crippen molar-refractivity contribution in [1.29, 1.82) is 0 Å². The third-order valence-corrected chi connectivity index (χ3v) is 3.94. The van der Waals surface area contributed by atoms with E-state index in [2.05, 4.69) is 10.2 Å². The fraction of sp³-hybridized carbons (Fsp3) is 0.333. The molecule has 19 heavy (non-hydrogen) atoms. The van der Waals surface area contributed by atoms with Crippen molar-refractivity contribution in [2.45, 2.75) is 36.5 Å². The molecule has 3 N–H and O–H groups in total. The van der Waals surface area contributed by atoms with Crippen molar-refractivity contribution in [3.05, 3.63) is 39.3 Å².